The number of hydrogen-bond acceptors (Lipinski definition) is 5. The first-order chi connectivity index (χ1) is 17.4. The number of fused-ring (bicyclic) bond motifs is 1. The van der Waals surface area contributed by atoms with Crippen molar-refractivity contribution in [1.29, 1.82) is 0 Å². The Morgan fingerprint density at radius 2 is 1.89 bits per heavy atom. The highest BCUT2D eigenvalue weighted by molar-refractivity contribution is 5.92. The zero-order valence-electron chi connectivity index (χ0n) is 21.8. The number of carbonyl (C=O) groups is 1. The second-order valence-electron chi connectivity index (χ2n) is 9.46. The summed E-state index contributed by atoms with van der Waals surface area (Å²) in [5.74, 6) is 1.81. The Morgan fingerprint density at radius 1 is 1.08 bits per heavy atom. The van der Waals surface area contributed by atoms with E-state index in [0.717, 1.165) is 41.5 Å². The van der Waals surface area contributed by atoms with Crippen LogP contribution in [0.2, 0.25) is 0 Å². The van der Waals surface area contributed by atoms with Crippen LogP contribution in [-0.4, -0.2) is 45.4 Å². The molecule has 3 aromatic carbocycles. The van der Waals surface area contributed by atoms with Crippen molar-refractivity contribution in [1.82, 2.24) is 4.90 Å². The number of hydrogen-bond donors (Lipinski definition) is 0. The van der Waals surface area contributed by atoms with E-state index in [-0.39, 0.29) is 6.61 Å². The molecule has 1 atom stereocenters. The molecule has 1 aliphatic carbocycles. The summed E-state index contributed by atoms with van der Waals surface area (Å²) < 4.78 is 16.1. The molecule has 0 heterocycles. The second kappa shape index (κ2) is 11.4. The SMILES string of the molecule is CCOC(=O)Oc1cc(/C=C2/CCC(CN(C)C)C(c3cccc(OC)c3)=C2C)cc2ccccc12. The van der Waals surface area contributed by atoms with Crippen molar-refractivity contribution in [2.45, 2.75) is 26.7 Å². The molecule has 0 aliphatic heterocycles. The fraction of sp³-hybridized carbons (Fsp3) is 0.323. The van der Waals surface area contributed by atoms with Crippen LogP contribution in [0.3, 0.4) is 0 Å². The molecule has 4 rings (SSSR count). The summed E-state index contributed by atoms with van der Waals surface area (Å²) in [4.78, 5) is 14.4. The van der Waals surface area contributed by atoms with Gasteiger partial charge in [0.15, 0.2) is 0 Å². The van der Waals surface area contributed by atoms with Crippen molar-refractivity contribution in [3.8, 4) is 11.5 Å². The average Bonchev–Trinajstić information content (AvgIpc) is 2.86. The van der Waals surface area contributed by atoms with Crippen LogP contribution in [0.25, 0.3) is 22.4 Å². The normalized spacial score (nSPS) is 17.1. The van der Waals surface area contributed by atoms with Crippen molar-refractivity contribution < 1.29 is 19.0 Å². The van der Waals surface area contributed by atoms with E-state index in [9.17, 15) is 4.79 Å². The summed E-state index contributed by atoms with van der Waals surface area (Å²) in [5, 5.41) is 1.90. The smallest absolute Gasteiger partial charge is 0.497 e. The molecule has 0 fully saturated rings. The molecule has 5 heteroatoms. The molecule has 0 radical (unpaired) electrons. The third kappa shape index (κ3) is 5.80. The molecule has 0 bridgehead atoms. The number of nitrogens with zero attached hydrogens (tertiary/aromatic N) is 1. The summed E-state index contributed by atoms with van der Waals surface area (Å²) in [6.07, 6.45) is 3.59. The van der Waals surface area contributed by atoms with E-state index in [1.165, 1.54) is 22.3 Å². The number of ether oxygens (including phenoxy) is 3. The molecular weight excluding hydrogens is 450 g/mol. The van der Waals surface area contributed by atoms with Crippen LogP contribution in [0.5, 0.6) is 11.5 Å². The Morgan fingerprint density at radius 3 is 2.64 bits per heavy atom. The van der Waals surface area contributed by atoms with E-state index in [2.05, 4.69) is 56.3 Å². The van der Waals surface area contributed by atoms with Gasteiger partial charge in [-0.25, -0.2) is 4.79 Å². The predicted octanol–water partition coefficient (Wildman–Crippen LogP) is 7.21. The van der Waals surface area contributed by atoms with E-state index in [1.807, 2.05) is 36.4 Å². The van der Waals surface area contributed by atoms with Gasteiger partial charge in [-0.05, 0) is 104 Å². The predicted molar refractivity (Wildman–Crippen MR) is 146 cm³/mol. The molecule has 188 valence electrons. The molecule has 0 aromatic heterocycles. The monoisotopic (exact) mass is 485 g/mol. The first-order valence-electron chi connectivity index (χ1n) is 12.5. The molecule has 1 unspecified atom stereocenters. The fourth-order valence-corrected chi connectivity index (χ4v) is 5.09. The van der Waals surface area contributed by atoms with E-state index in [0.29, 0.717) is 11.7 Å². The summed E-state index contributed by atoms with van der Waals surface area (Å²) in [5.41, 5.74) is 6.15. The van der Waals surface area contributed by atoms with E-state index in [1.54, 1.807) is 14.0 Å². The molecular formula is C31H35NO4. The first kappa shape index (κ1) is 25.5. The standard InChI is InChI=1S/C31H35NO4/c1-6-35-31(33)36-29-18-22(17-24-10-7-8-13-28(24)29)16-23-14-15-26(20-32(3)4)30(21(23)2)25-11-9-12-27(19-25)34-5/h7-13,16-19,26H,6,14-15,20H2,1-5H3/b23-16-. The van der Waals surface area contributed by atoms with Crippen molar-refractivity contribution in [2.75, 3.05) is 34.4 Å². The van der Waals surface area contributed by atoms with Gasteiger partial charge in [0.2, 0.25) is 0 Å². The van der Waals surface area contributed by atoms with Gasteiger partial charge in [-0.3, -0.25) is 0 Å². The Balaban J connectivity index is 1.80. The van der Waals surface area contributed by atoms with Gasteiger partial charge in [-0.1, -0.05) is 42.5 Å². The summed E-state index contributed by atoms with van der Waals surface area (Å²) in [7, 11) is 5.97. The summed E-state index contributed by atoms with van der Waals surface area (Å²) >= 11 is 0. The van der Waals surface area contributed by atoms with Crippen LogP contribution in [0.4, 0.5) is 4.79 Å². The molecule has 0 spiro atoms. The third-order valence-corrected chi connectivity index (χ3v) is 6.66. The van der Waals surface area contributed by atoms with Gasteiger partial charge >= 0.3 is 6.16 Å². The summed E-state index contributed by atoms with van der Waals surface area (Å²) in [6.45, 7) is 5.25. The lowest BCUT2D eigenvalue weighted by molar-refractivity contribution is 0.105. The Labute approximate surface area is 214 Å². The van der Waals surface area contributed by atoms with E-state index >= 15 is 0 Å². The van der Waals surface area contributed by atoms with E-state index in [4.69, 9.17) is 14.2 Å². The van der Waals surface area contributed by atoms with Crippen LogP contribution in [0.15, 0.2) is 71.8 Å². The van der Waals surface area contributed by atoms with Crippen LogP contribution >= 0.6 is 0 Å². The lowest BCUT2D eigenvalue weighted by atomic mass is 9.76. The van der Waals surface area contributed by atoms with Gasteiger partial charge < -0.3 is 19.1 Å². The minimum atomic E-state index is -0.687. The molecule has 3 aromatic rings. The molecule has 0 saturated carbocycles. The van der Waals surface area contributed by atoms with Crippen LogP contribution in [0.1, 0.15) is 37.8 Å². The highest BCUT2D eigenvalue weighted by Gasteiger charge is 2.26. The minimum absolute atomic E-state index is 0.270. The number of methoxy groups -OCH3 is 1. The quantitative estimate of drug-likeness (QED) is 0.261. The highest BCUT2D eigenvalue weighted by atomic mass is 16.7. The summed E-state index contributed by atoms with van der Waals surface area (Å²) in [6, 6.07) is 20.3. The molecule has 5 nitrogen and oxygen atoms in total. The number of benzene rings is 3. The topological polar surface area (TPSA) is 48.0 Å². The molecule has 36 heavy (non-hydrogen) atoms. The molecule has 0 N–H and O–H groups in total. The molecule has 1 aliphatic rings. The lowest BCUT2D eigenvalue weighted by Crippen LogP contribution is -2.25. The average molecular weight is 486 g/mol. The van der Waals surface area contributed by atoms with Crippen molar-refractivity contribution in [3.05, 3.63) is 82.9 Å². The van der Waals surface area contributed by atoms with Gasteiger partial charge in [0, 0.05) is 11.9 Å². The molecule has 0 saturated heterocycles. The highest BCUT2D eigenvalue weighted by Crippen LogP contribution is 2.42. The Kier molecular flexibility index (Phi) is 8.11. The number of rotatable bonds is 7. The van der Waals surface area contributed by atoms with E-state index < -0.39 is 6.16 Å². The third-order valence-electron chi connectivity index (χ3n) is 6.66. The van der Waals surface area contributed by atoms with Gasteiger partial charge in [-0.15, -0.1) is 0 Å². The maximum absolute atomic E-state index is 12.1. The van der Waals surface area contributed by atoms with Gasteiger partial charge in [0.1, 0.15) is 11.5 Å². The van der Waals surface area contributed by atoms with Gasteiger partial charge in [0.05, 0.1) is 13.7 Å². The van der Waals surface area contributed by atoms with Gasteiger partial charge in [-0.2, -0.15) is 0 Å². The largest absolute Gasteiger partial charge is 0.513 e. The fourth-order valence-electron chi connectivity index (χ4n) is 5.09. The zero-order chi connectivity index (χ0) is 25.7. The number of carbonyl (C=O) groups excluding carboxylic acids is 1. The maximum atomic E-state index is 12.1. The lowest BCUT2D eigenvalue weighted by Gasteiger charge is -2.32. The van der Waals surface area contributed by atoms with Gasteiger partial charge in [0.25, 0.3) is 0 Å². The molecule has 0 amide bonds. The minimum Gasteiger partial charge on any atom is -0.497 e. The van der Waals surface area contributed by atoms with Crippen LogP contribution in [-0.2, 0) is 4.74 Å². The van der Waals surface area contributed by atoms with Crippen molar-refractivity contribution in [3.63, 3.8) is 0 Å². The van der Waals surface area contributed by atoms with Crippen LogP contribution in [0, 0.1) is 5.92 Å². The number of allylic oxidation sites excluding steroid dienone is 2. The Hall–Kier alpha value is -3.57. The Bertz CT molecular complexity index is 1300. The zero-order valence-corrected chi connectivity index (χ0v) is 21.8. The van der Waals surface area contributed by atoms with Crippen LogP contribution < -0.4 is 9.47 Å². The first-order valence-corrected chi connectivity index (χ1v) is 12.5. The second-order valence-corrected chi connectivity index (χ2v) is 9.46. The van der Waals surface area contributed by atoms with Crippen molar-refractivity contribution in [2.24, 2.45) is 5.92 Å². The van der Waals surface area contributed by atoms with Crippen molar-refractivity contribution >= 4 is 28.6 Å². The maximum Gasteiger partial charge on any atom is 0.513 e.